The van der Waals surface area contributed by atoms with Crippen molar-refractivity contribution in [2.75, 3.05) is 7.11 Å². The molecule has 0 unspecified atom stereocenters. The first-order chi connectivity index (χ1) is 7.41. The Labute approximate surface area is 96.1 Å². The Balaban J connectivity index is 3.38. The van der Waals surface area contributed by atoms with Crippen LogP contribution in [0.4, 0.5) is 0 Å². The molecule has 3 heteroatoms. The van der Waals surface area contributed by atoms with Gasteiger partial charge < -0.3 is 9.84 Å². The Morgan fingerprint density at radius 1 is 1.38 bits per heavy atom. The van der Waals surface area contributed by atoms with Gasteiger partial charge in [0.05, 0.1) is 19.3 Å². The van der Waals surface area contributed by atoms with Gasteiger partial charge in [-0.1, -0.05) is 32.9 Å². The summed E-state index contributed by atoms with van der Waals surface area (Å²) >= 11 is 0. The van der Waals surface area contributed by atoms with Gasteiger partial charge in [-0.15, -0.1) is 0 Å². The average molecular weight is 222 g/mol. The van der Waals surface area contributed by atoms with E-state index in [0.29, 0.717) is 11.1 Å². The summed E-state index contributed by atoms with van der Waals surface area (Å²) in [5, 5.41) is 9.40. The Hall–Kier alpha value is -1.35. The van der Waals surface area contributed by atoms with Gasteiger partial charge in [0.15, 0.2) is 0 Å². The molecule has 0 bridgehead atoms. The monoisotopic (exact) mass is 222 g/mol. The quantitative estimate of drug-likeness (QED) is 0.781. The average Bonchev–Trinajstić information content (AvgIpc) is 2.25. The lowest BCUT2D eigenvalue weighted by Crippen LogP contribution is -2.17. The molecule has 1 aromatic carbocycles. The van der Waals surface area contributed by atoms with E-state index in [2.05, 4.69) is 0 Å². The predicted octanol–water partition coefficient (Wildman–Crippen LogP) is 2.26. The molecular weight excluding hydrogens is 204 g/mol. The van der Waals surface area contributed by atoms with Crippen LogP contribution in [0, 0.1) is 0 Å². The van der Waals surface area contributed by atoms with E-state index >= 15 is 0 Å². The van der Waals surface area contributed by atoms with Gasteiger partial charge in [0.25, 0.3) is 0 Å². The van der Waals surface area contributed by atoms with E-state index in [1.54, 1.807) is 6.07 Å². The zero-order chi connectivity index (χ0) is 12.3. The number of hydrogen-bond acceptors (Lipinski definition) is 3. The standard InChI is InChI=1S/C13H18O3/c1-13(2,3)11-7-5-6-9(10(11)8-14)12(15)16-4/h5-7,14H,8H2,1-4H3. The van der Waals surface area contributed by atoms with Crippen LogP contribution in [0.25, 0.3) is 0 Å². The molecule has 16 heavy (non-hydrogen) atoms. The Morgan fingerprint density at radius 3 is 2.44 bits per heavy atom. The van der Waals surface area contributed by atoms with Crippen molar-refractivity contribution in [2.45, 2.75) is 32.8 Å². The molecule has 0 saturated carbocycles. The summed E-state index contributed by atoms with van der Waals surface area (Å²) in [4.78, 5) is 11.5. The second kappa shape index (κ2) is 4.66. The van der Waals surface area contributed by atoms with E-state index in [-0.39, 0.29) is 12.0 Å². The molecule has 88 valence electrons. The number of rotatable bonds is 2. The Kier molecular flexibility index (Phi) is 3.70. The van der Waals surface area contributed by atoms with Crippen LogP contribution >= 0.6 is 0 Å². The van der Waals surface area contributed by atoms with Crippen molar-refractivity contribution in [3.63, 3.8) is 0 Å². The van der Waals surface area contributed by atoms with Crippen LogP contribution in [0.3, 0.4) is 0 Å². The molecule has 0 spiro atoms. The minimum absolute atomic E-state index is 0.109. The van der Waals surface area contributed by atoms with E-state index < -0.39 is 5.97 Å². The zero-order valence-corrected chi connectivity index (χ0v) is 10.2. The summed E-state index contributed by atoms with van der Waals surface area (Å²) in [6.45, 7) is 5.98. The summed E-state index contributed by atoms with van der Waals surface area (Å²) in [6.07, 6.45) is 0. The van der Waals surface area contributed by atoms with Crippen molar-refractivity contribution < 1.29 is 14.6 Å². The molecule has 0 radical (unpaired) electrons. The first-order valence-corrected chi connectivity index (χ1v) is 5.23. The lowest BCUT2D eigenvalue weighted by Gasteiger charge is -2.23. The van der Waals surface area contributed by atoms with Crippen molar-refractivity contribution in [1.29, 1.82) is 0 Å². The van der Waals surface area contributed by atoms with Gasteiger partial charge in [-0.05, 0) is 22.6 Å². The fourth-order valence-electron chi connectivity index (χ4n) is 1.76. The second-order valence-electron chi connectivity index (χ2n) is 4.73. The van der Waals surface area contributed by atoms with Crippen LogP contribution < -0.4 is 0 Å². The first kappa shape index (κ1) is 12.7. The van der Waals surface area contributed by atoms with Gasteiger partial charge in [0.1, 0.15) is 0 Å². The summed E-state index contributed by atoms with van der Waals surface area (Å²) < 4.78 is 4.70. The number of carbonyl (C=O) groups is 1. The Morgan fingerprint density at radius 2 is 2.00 bits per heavy atom. The molecule has 0 saturated heterocycles. The molecule has 1 rings (SSSR count). The van der Waals surface area contributed by atoms with Crippen molar-refractivity contribution in [2.24, 2.45) is 0 Å². The number of ether oxygens (including phenoxy) is 1. The Bertz CT molecular complexity index is 389. The summed E-state index contributed by atoms with van der Waals surface area (Å²) in [5.74, 6) is -0.407. The molecule has 0 aliphatic carbocycles. The number of methoxy groups -OCH3 is 1. The largest absolute Gasteiger partial charge is 0.465 e. The van der Waals surface area contributed by atoms with E-state index in [0.717, 1.165) is 5.56 Å². The summed E-state index contributed by atoms with van der Waals surface area (Å²) in [7, 11) is 1.34. The molecule has 1 N–H and O–H groups in total. The maximum atomic E-state index is 11.5. The third-order valence-electron chi connectivity index (χ3n) is 2.55. The molecule has 0 fully saturated rings. The van der Waals surface area contributed by atoms with Gasteiger partial charge >= 0.3 is 5.97 Å². The third kappa shape index (κ3) is 2.42. The van der Waals surface area contributed by atoms with Gasteiger partial charge in [-0.3, -0.25) is 0 Å². The molecule has 0 heterocycles. The van der Waals surface area contributed by atoms with Gasteiger partial charge in [0.2, 0.25) is 0 Å². The minimum Gasteiger partial charge on any atom is -0.465 e. The van der Waals surface area contributed by atoms with Gasteiger partial charge in [-0.25, -0.2) is 4.79 Å². The molecule has 3 nitrogen and oxygen atoms in total. The molecule has 0 aromatic heterocycles. The van der Waals surface area contributed by atoms with Crippen LogP contribution in [0.2, 0.25) is 0 Å². The topological polar surface area (TPSA) is 46.5 Å². The molecule has 0 aliphatic rings. The SMILES string of the molecule is COC(=O)c1cccc(C(C)(C)C)c1CO. The highest BCUT2D eigenvalue weighted by Crippen LogP contribution is 2.28. The van der Waals surface area contributed by atoms with Crippen LogP contribution in [0.5, 0.6) is 0 Å². The van der Waals surface area contributed by atoms with Crippen LogP contribution in [-0.4, -0.2) is 18.2 Å². The number of benzene rings is 1. The minimum atomic E-state index is -0.407. The van der Waals surface area contributed by atoms with Crippen molar-refractivity contribution in [3.05, 3.63) is 34.9 Å². The van der Waals surface area contributed by atoms with Crippen molar-refractivity contribution in [3.8, 4) is 0 Å². The number of esters is 1. The highest BCUT2D eigenvalue weighted by Gasteiger charge is 2.22. The normalized spacial score (nSPS) is 11.3. The maximum absolute atomic E-state index is 11.5. The third-order valence-corrected chi connectivity index (χ3v) is 2.55. The van der Waals surface area contributed by atoms with E-state index in [4.69, 9.17) is 4.74 Å². The number of aliphatic hydroxyl groups is 1. The number of aliphatic hydroxyl groups excluding tert-OH is 1. The van der Waals surface area contributed by atoms with Gasteiger partial charge in [0, 0.05) is 0 Å². The van der Waals surface area contributed by atoms with Crippen molar-refractivity contribution >= 4 is 5.97 Å². The van der Waals surface area contributed by atoms with Crippen LogP contribution in [-0.2, 0) is 16.8 Å². The maximum Gasteiger partial charge on any atom is 0.338 e. The number of hydrogen-bond donors (Lipinski definition) is 1. The fourth-order valence-corrected chi connectivity index (χ4v) is 1.76. The molecule has 1 aromatic rings. The molecular formula is C13H18O3. The van der Waals surface area contributed by atoms with Crippen molar-refractivity contribution in [1.82, 2.24) is 0 Å². The molecule has 0 amide bonds. The summed E-state index contributed by atoms with van der Waals surface area (Å²) in [6, 6.07) is 5.41. The number of carbonyl (C=O) groups excluding carboxylic acids is 1. The second-order valence-corrected chi connectivity index (χ2v) is 4.73. The smallest absolute Gasteiger partial charge is 0.338 e. The lowest BCUT2D eigenvalue weighted by molar-refractivity contribution is 0.0597. The first-order valence-electron chi connectivity index (χ1n) is 5.23. The fraction of sp³-hybridized carbons (Fsp3) is 0.462. The van der Waals surface area contributed by atoms with E-state index in [1.165, 1.54) is 7.11 Å². The highest BCUT2D eigenvalue weighted by atomic mass is 16.5. The zero-order valence-electron chi connectivity index (χ0n) is 10.2. The molecule has 0 atom stereocenters. The van der Waals surface area contributed by atoms with E-state index in [9.17, 15) is 9.90 Å². The molecule has 0 aliphatic heterocycles. The lowest BCUT2D eigenvalue weighted by atomic mass is 9.82. The highest BCUT2D eigenvalue weighted by molar-refractivity contribution is 5.91. The van der Waals surface area contributed by atoms with Crippen LogP contribution in [0.1, 0.15) is 42.3 Å². The predicted molar refractivity (Wildman–Crippen MR) is 62.4 cm³/mol. The van der Waals surface area contributed by atoms with Gasteiger partial charge in [-0.2, -0.15) is 0 Å². The van der Waals surface area contributed by atoms with E-state index in [1.807, 2.05) is 32.9 Å². The summed E-state index contributed by atoms with van der Waals surface area (Å²) in [5.41, 5.74) is 1.96. The van der Waals surface area contributed by atoms with Crippen LogP contribution in [0.15, 0.2) is 18.2 Å².